The number of carbonyl (C=O) groups is 2. The molecule has 0 atom stereocenters. The standard InChI is InChI=1S/C25H20N2O2/c28-24(16-15-20-11-5-9-18-7-1-3-13-22(18)20)26-27-25(29)17-21-12-6-10-19-8-2-4-14-23(19)21/h1-16H,17H2,(H,26,28)(H,27,29)/b16-15+. The Labute approximate surface area is 168 Å². The Kier molecular flexibility index (Phi) is 5.34. The van der Waals surface area contributed by atoms with Crippen molar-refractivity contribution in [3.05, 3.63) is 102 Å². The molecule has 2 N–H and O–H groups in total. The Hall–Kier alpha value is -3.92. The molecule has 0 fully saturated rings. The van der Waals surface area contributed by atoms with Crippen molar-refractivity contribution in [1.29, 1.82) is 0 Å². The molecule has 0 spiro atoms. The number of rotatable bonds is 4. The van der Waals surface area contributed by atoms with E-state index < -0.39 is 0 Å². The lowest BCUT2D eigenvalue weighted by atomic mass is 10.0. The Balaban J connectivity index is 1.38. The fraction of sp³-hybridized carbons (Fsp3) is 0.0400. The molecule has 29 heavy (non-hydrogen) atoms. The van der Waals surface area contributed by atoms with E-state index in [0.29, 0.717) is 0 Å². The molecule has 4 heteroatoms. The summed E-state index contributed by atoms with van der Waals surface area (Å²) in [6.07, 6.45) is 3.35. The van der Waals surface area contributed by atoms with E-state index in [1.807, 2.05) is 84.9 Å². The van der Waals surface area contributed by atoms with Gasteiger partial charge in [-0.25, -0.2) is 0 Å². The van der Waals surface area contributed by atoms with Crippen LogP contribution in [0.15, 0.2) is 91.0 Å². The van der Waals surface area contributed by atoms with Crippen molar-refractivity contribution >= 4 is 39.4 Å². The molecule has 0 saturated carbocycles. The zero-order valence-electron chi connectivity index (χ0n) is 15.8. The summed E-state index contributed by atoms with van der Waals surface area (Å²) in [6.45, 7) is 0. The third-order valence-electron chi connectivity index (χ3n) is 4.79. The van der Waals surface area contributed by atoms with Crippen LogP contribution in [-0.4, -0.2) is 11.8 Å². The minimum atomic E-state index is -0.385. The molecule has 0 heterocycles. The predicted octanol–water partition coefficient (Wildman–Crippen LogP) is 4.40. The molecule has 4 nitrogen and oxygen atoms in total. The number of hydrogen-bond acceptors (Lipinski definition) is 2. The van der Waals surface area contributed by atoms with Gasteiger partial charge in [-0.05, 0) is 38.7 Å². The number of hydrazine groups is 1. The molecule has 0 bridgehead atoms. The average Bonchev–Trinajstić information content (AvgIpc) is 2.76. The Morgan fingerprint density at radius 1 is 0.690 bits per heavy atom. The van der Waals surface area contributed by atoms with Crippen LogP contribution in [0.2, 0.25) is 0 Å². The van der Waals surface area contributed by atoms with E-state index >= 15 is 0 Å². The van der Waals surface area contributed by atoms with Crippen molar-refractivity contribution in [3.63, 3.8) is 0 Å². The summed E-state index contributed by atoms with van der Waals surface area (Å²) in [5.74, 6) is -0.655. The number of hydrogen-bond donors (Lipinski definition) is 2. The van der Waals surface area contributed by atoms with Crippen molar-refractivity contribution in [3.8, 4) is 0 Å². The summed E-state index contributed by atoms with van der Waals surface area (Å²) < 4.78 is 0. The topological polar surface area (TPSA) is 58.2 Å². The van der Waals surface area contributed by atoms with Gasteiger partial charge in [0.05, 0.1) is 6.42 Å². The van der Waals surface area contributed by atoms with Crippen molar-refractivity contribution in [2.45, 2.75) is 6.42 Å². The molecule has 4 aromatic carbocycles. The highest BCUT2D eigenvalue weighted by Crippen LogP contribution is 2.20. The van der Waals surface area contributed by atoms with Crippen LogP contribution >= 0.6 is 0 Å². The molecule has 2 amide bonds. The van der Waals surface area contributed by atoms with Gasteiger partial charge in [-0.1, -0.05) is 84.9 Å². The molecule has 0 aliphatic rings. The monoisotopic (exact) mass is 380 g/mol. The quantitative estimate of drug-likeness (QED) is 0.407. The number of carbonyl (C=O) groups excluding carboxylic acids is 2. The van der Waals surface area contributed by atoms with Gasteiger partial charge in [0.2, 0.25) is 5.91 Å². The van der Waals surface area contributed by atoms with Crippen LogP contribution < -0.4 is 10.9 Å². The highest BCUT2D eigenvalue weighted by atomic mass is 16.2. The van der Waals surface area contributed by atoms with Crippen LogP contribution in [0.4, 0.5) is 0 Å². The molecule has 0 radical (unpaired) electrons. The first-order valence-electron chi connectivity index (χ1n) is 9.42. The molecule has 142 valence electrons. The Morgan fingerprint density at radius 3 is 2.10 bits per heavy atom. The maximum atomic E-state index is 12.3. The first-order valence-corrected chi connectivity index (χ1v) is 9.42. The summed E-state index contributed by atoms with van der Waals surface area (Å²) in [7, 11) is 0. The minimum absolute atomic E-state index is 0.189. The van der Waals surface area contributed by atoms with E-state index in [1.54, 1.807) is 6.08 Å². The lowest BCUT2D eigenvalue weighted by Crippen LogP contribution is -2.41. The summed E-state index contributed by atoms with van der Waals surface area (Å²) in [5.41, 5.74) is 6.79. The van der Waals surface area contributed by atoms with Crippen LogP contribution in [0.3, 0.4) is 0 Å². The molecule has 4 aromatic rings. The number of fused-ring (bicyclic) bond motifs is 2. The molecule has 0 aliphatic carbocycles. The average molecular weight is 380 g/mol. The molecular weight excluding hydrogens is 360 g/mol. The minimum Gasteiger partial charge on any atom is -0.273 e. The van der Waals surface area contributed by atoms with Gasteiger partial charge in [0.15, 0.2) is 0 Å². The van der Waals surface area contributed by atoms with Gasteiger partial charge in [0.1, 0.15) is 0 Å². The van der Waals surface area contributed by atoms with Crippen LogP contribution in [0.5, 0.6) is 0 Å². The fourth-order valence-corrected chi connectivity index (χ4v) is 3.40. The van der Waals surface area contributed by atoms with Gasteiger partial charge in [-0.2, -0.15) is 0 Å². The van der Waals surface area contributed by atoms with E-state index in [2.05, 4.69) is 10.9 Å². The molecule has 4 rings (SSSR count). The highest BCUT2D eigenvalue weighted by Gasteiger charge is 2.07. The molecule has 0 unspecified atom stereocenters. The molecular formula is C25H20N2O2. The van der Waals surface area contributed by atoms with Gasteiger partial charge in [-0.3, -0.25) is 20.4 Å². The Bertz CT molecular complexity index is 1220. The Morgan fingerprint density at radius 2 is 1.31 bits per heavy atom. The molecule has 0 aliphatic heterocycles. The van der Waals surface area contributed by atoms with Gasteiger partial charge in [-0.15, -0.1) is 0 Å². The van der Waals surface area contributed by atoms with Crippen LogP contribution in [0.25, 0.3) is 27.6 Å². The number of amides is 2. The van der Waals surface area contributed by atoms with E-state index in [0.717, 1.165) is 32.7 Å². The maximum Gasteiger partial charge on any atom is 0.262 e. The van der Waals surface area contributed by atoms with Crippen LogP contribution in [0, 0.1) is 0 Å². The van der Waals surface area contributed by atoms with E-state index in [4.69, 9.17) is 0 Å². The second-order valence-electron chi connectivity index (χ2n) is 6.75. The second-order valence-corrected chi connectivity index (χ2v) is 6.75. The molecule has 0 aromatic heterocycles. The zero-order chi connectivity index (χ0) is 20.1. The zero-order valence-corrected chi connectivity index (χ0v) is 15.8. The van der Waals surface area contributed by atoms with Crippen molar-refractivity contribution < 1.29 is 9.59 Å². The SMILES string of the molecule is O=C(/C=C/c1cccc2ccccc12)NNC(=O)Cc1cccc2ccccc12. The third kappa shape index (κ3) is 4.33. The number of nitrogens with one attached hydrogen (secondary N) is 2. The number of benzene rings is 4. The fourth-order valence-electron chi connectivity index (χ4n) is 3.40. The van der Waals surface area contributed by atoms with E-state index in [1.165, 1.54) is 6.08 Å². The maximum absolute atomic E-state index is 12.3. The highest BCUT2D eigenvalue weighted by molar-refractivity contribution is 5.97. The molecule has 0 saturated heterocycles. The second kappa shape index (κ2) is 8.40. The van der Waals surface area contributed by atoms with E-state index in [9.17, 15) is 9.59 Å². The summed E-state index contributed by atoms with van der Waals surface area (Å²) >= 11 is 0. The predicted molar refractivity (Wildman–Crippen MR) is 117 cm³/mol. The third-order valence-corrected chi connectivity index (χ3v) is 4.79. The van der Waals surface area contributed by atoms with Crippen LogP contribution in [-0.2, 0) is 16.0 Å². The normalized spacial score (nSPS) is 11.0. The van der Waals surface area contributed by atoms with Gasteiger partial charge in [0.25, 0.3) is 5.91 Å². The lowest BCUT2D eigenvalue weighted by Gasteiger charge is -2.08. The first-order chi connectivity index (χ1) is 14.2. The first kappa shape index (κ1) is 18.4. The van der Waals surface area contributed by atoms with Gasteiger partial charge in [0, 0.05) is 6.08 Å². The summed E-state index contributed by atoms with van der Waals surface area (Å²) in [6, 6.07) is 27.7. The van der Waals surface area contributed by atoms with Gasteiger partial charge >= 0.3 is 0 Å². The van der Waals surface area contributed by atoms with Crippen molar-refractivity contribution in [2.75, 3.05) is 0 Å². The van der Waals surface area contributed by atoms with Crippen molar-refractivity contribution in [2.24, 2.45) is 0 Å². The smallest absolute Gasteiger partial charge is 0.262 e. The van der Waals surface area contributed by atoms with E-state index in [-0.39, 0.29) is 18.2 Å². The lowest BCUT2D eigenvalue weighted by molar-refractivity contribution is -0.126. The summed E-state index contributed by atoms with van der Waals surface area (Å²) in [5, 5.41) is 4.30. The largest absolute Gasteiger partial charge is 0.273 e. The van der Waals surface area contributed by atoms with Crippen LogP contribution in [0.1, 0.15) is 11.1 Å². The van der Waals surface area contributed by atoms with Gasteiger partial charge < -0.3 is 0 Å². The summed E-state index contributed by atoms with van der Waals surface area (Å²) in [4.78, 5) is 24.4. The van der Waals surface area contributed by atoms with Crippen molar-refractivity contribution in [1.82, 2.24) is 10.9 Å².